The Morgan fingerprint density at radius 3 is 2.66 bits per heavy atom. The smallest absolute Gasteiger partial charge is 0.281 e. The van der Waals surface area contributed by atoms with E-state index in [0.29, 0.717) is 43.0 Å². The lowest BCUT2D eigenvalue weighted by molar-refractivity contribution is 0.0945. The van der Waals surface area contributed by atoms with E-state index in [1.54, 1.807) is 30.3 Å². The van der Waals surface area contributed by atoms with Gasteiger partial charge in [-0.15, -0.1) is 0 Å². The van der Waals surface area contributed by atoms with Crippen molar-refractivity contribution in [1.29, 1.82) is 0 Å². The molecule has 158 valence electrons. The largest absolute Gasteiger partial charge is 0.490 e. The SMILES string of the molecule is Cc1cc(CNC(=O)c2cccc(OC3CCN(S(=O)(=O)N(C)C)CC3)c2)on1. The average Bonchev–Trinajstić information content (AvgIpc) is 3.12. The molecule has 1 aliphatic heterocycles. The van der Waals surface area contributed by atoms with E-state index in [4.69, 9.17) is 9.26 Å². The number of nitrogens with one attached hydrogen (secondary N) is 1. The van der Waals surface area contributed by atoms with Gasteiger partial charge < -0.3 is 14.6 Å². The van der Waals surface area contributed by atoms with Crippen molar-refractivity contribution in [1.82, 2.24) is 19.1 Å². The van der Waals surface area contributed by atoms with Crippen molar-refractivity contribution in [2.24, 2.45) is 0 Å². The number of benzene rings is 1. The maximum absolute atomic E-state index is 12.4. The Morgan fingerprint density at radius 2 is 2.03 bits per heavy atom. The fraction of sp³-hybridized carbons (Fsp3) is 0.474. The van der Waals surface area contributed by atoms with Crippen LogP contribution in [0.25, 0.3) is 0 Å². The molecule has 0 saturated carbocycles. The van der Waals surface area contributed by atoms with Crippen molar-refractivity contribution in [2.45, 2.75) is 32.4 Å². The third kappa shape index (κ3) is 5.34. The maximum Gasteiger partial charge on any atom is 0.281 e. The number of aromatic nitrogens is 1. The van der Waals surface area contributed by atoms with Gasteiger partial charge in [-0.2, -0.15) is 17.0 Å². The number of hydrogen-bond donors (Lipinski definition) is 1. The van der Waals surface area contributed by atoms with Crippen LogP contribution in [0, 0.1) is 6.92 Å². The summed E-state index contributed by atoms with van der Waals surface area (Å²) in [5.74, 6) is 0.932. The number of carbonyl (C=O) groups is 1. The van der Waals surface area contributed by atoms with Gasteiger partial charge in [0, 0.05) is 38.8 Å². The zero-order valence-electron chi connectivity index (χ0n) is 16.8. The van der Waals surface area contributed by atoms with Crippen LogP contribution in [0.4, 0.5) is 0 Å². The van der Waals surface area contributed by atoms with E-state index in [1.807, 2.05) is 6.92 Å². The summed E-state index contributed by atoms with van der Waals surface area (Å²) in [7, 11) is -0.344. The van der Waals surface area contributed by atoms with Gasteiger partial charge >= 0.3 is 0 Å². The van der Waals surface area contributed by atoms with Crippen LogP contribution in [0.2, 0.25) is 0 Å². The molecule has 10 heteroatoms. The van der Waals surface area contributed by atoms with Gasteiger partial charge in [0.1, 0.15) is 11.9 Å². The highest BCUT2D eigenvalue weighted by atomic mass is 32.2. The molecular weight excluding hydrogens is 396 g/mol. The summed E-state index contributed by atoms with van der Waals surface area (Å²) in [6, 6.07) is 8.71. The summed E-state index contributed by atoms with van der Waals surface area (Å²) in [4.78, 5) is 12.4. The molecule has 1 saturated heterocycles. The summed E-state index contributed by atoms with van der Waals surface area (Å²) in [5.41, 5.74) is 1.24. The highest BCUT2D eigenvalue weighted by Crippen LogP contribution is 2.22. The molecule has 1 aromatic carbocycles. The highest BCUT2D eigenvalue weighted by Gasteiger charge is 2.30. The first-order valence-corrected chi connectivity index (χ1v) is 10.8. The summed E-state index contributed by atoms with van der Waals surface area (Å²) in [6.07, 6.45) is 1.09. The van der Waals surface area contributed by atoms with E-state index in [0.717, 1.165) is 5.69 Å². The van der Waals surface area contributed by atoms with Gasteiger partial charge in [-0.25, -0.2) is 0 Å². The van der Waals surface area contributed by atoms with Crippen LogP contribution in [-0.2, 0) is 16.8 Å². The molecule has 0 radical (unpaired) electrons. The summed E-state index contributed by atoms with van der Waals surface area (Å²) < 4.78 is 38.1. The Labute approximate surface area is 170 Å². The maximum atomic E-state index is 12.4. The molecule has 1 aliphatic rings. The zero-order valence-corrected chi connectivity index (χ0v) is 17.6. The van der Waals surface area contributed by atoms with Gasteiger partial charge in [-0.05, 0) is 38.0 Å². The van der Waals surface area contributed by atoms with E-state index in [1.165, 1.54) is 22.7 Å². The minimum atomic E-state index is -3.40. The first-order valence-electron chi connectivity index (χ1n) is 9.40. The summed E-state index contributed by atoms with van der Waals surface area (Å²) in [5, 5.41) is 6.57. The number of amides is 1. The molecule has 2 heterocycles. The third-order valence-corrected chi connectivity index (χ3v) is 6.63. The molecule has 3 rings (SSSR count). The van der Waals surface area contributed by atoms with Gasteiger partial charge in [0.15, 0.2) is 5.76 Å². The molecule has 1 aromatic heterocycles. The Morgan fingerprint density at radius 1 is 1.31 bits per heavy atom. The van der Waals surface area contributed by atoms with Crippen molar-refractivity contribution in [3.8, 4) is 5.75 Å². The van der Waals surface area contributed by atoms with Crippen molar-refractivity contribution >= 4 is 16.1 Å². The molecule has 1 N–H and O–H groups in total. The minimum absolute atomic E-state index is 0.0981. The number of aryl methyl sites for hydroxylation is 1. The zero-order chi connectivity index (χ0) is 21.0. The molecule has 1 fully saturated rings. The Hall–Kier alpha value is -2.43. The Kier molecular flexibility index (Phi) is 6.56. The summed E-state index contributed by atoms with van der Waals surface area (Å²) in [6.45, 7) is 2.88. The van der Waals surface area contributed by atoms with Crippen LogP contribution < -0.4 is 10.1 Å². The van der Waals surface area contributed by atoms with Crippen molar-refractivity contribution in [3.05, 3.63) is 47.3 Å². The topological polar surface area (TPSA) is 105 Å². The van der Waals surface area contributed by atoms with Crippen molar-refractivity contribution < 1.29 is 22.5 Å². The molecule has 2 aromatic rings. The van der Waals surface area contributed by atoms with E-state index in [2.05, 4.69) is 10.5 Å². The van der Waals surface area contributed by atoms with Crippen LogP contribution in [-0.4, -0.2) is 61.4 Å². The average molecular weight is 423 g/mol. The lowest BCUT2D eigenvalue weighted by atomic mass is 10.1. The highest BCUT2D eigenvalue weighted by molar-refractivity contribution is 7.86. The third-order valence-electron chi connectivity index (χ3n) is 4.69. The molecule has 0 unspecified atom stereocenters. The van der Waals surface area contributed by atoms with Crippen LogP contribution in [0.15, 0.2) is 34.9 Å². The number of piperidine rings is 1. The fourth-order valence-electron chi connectivity index (χ4n) is 3.08. The summed E-state index contributed by atoms with van der Waals surface area (Å²) >= 11 is 0. The minimum Gasteiger partial charge on any atom is -0.490 e. The molecular formula is C19H26N4O5S. The molecule has 0 atom stereocenters. The van der Waals surface area contributed by atoms with Crippen LogP contribution >= 0.6 is 0 Å². The Bertz CT molecular complexity index is 949. The van der Waals surface area contributed by atoms with E-state index in [9.17, 15) is 13.2 Å². The van der Waals surface area contributed by atoms with Crippen LogP contribution in [0.3, 0.4) is 0 Å². The van der Waals surface area contributed by atoms with Crippen LogP contribution in [0.1, 0.15) is 34.7 Å². The second-order valence-electron chi connectivity index (χ2n) is 7.15. The number of nitrogens with zero attached hydrogens (tertiary/aromatic N) is 3. The number of hydrogen-bond acceptors (Lipinski definition) is 6. The number of ether oxygens (including phenoxy) is 1. The second-order valence-corrected chi connectivity index (χ2v) is 9.29. The van der Waals surface area contributed by atoms with Gasteiger partial charge in [0.2, 0.25) is 0 Å². The lowest BCUT2D eigenvalue weighted by Crippen LogP contribution is -2.46. The molecule has 29 heavy (non-hydrogen) atoms. The monoisotopic (exact) mass is 422 g/mol. The molecule has 0 bridgehead atoms. The predicted octanol–water partition coefficient (Wildman–Crippen LogP) is 1.56. The van der Waals surface area contributed by atoms with Crippen molar-refractivity contribution in [2.75, 3.05) is 27.2 Å². The molecule has 1 amide bonds. The van der Waals surface area contributed by atoms with Crippen LogP contribution in [0.5, 0.6) is 5.75 Å². The molecule has 9 nitrogen and oxygen atoms in total. The molecule has 0 aliphatic carbocycles. The quantitative estimate of drug-likeness (QED) is 0.726. The first-order chi connectivity index (χ1) is 13.8. The van der Waals surface area contributed by atoms with Gasteiger partial charge in [-0.1, -0.05) is 11.2 Å². The van der Waals surface area contributed by atoms with E-state index in [-0.39, 0.29) is 18.6 Å². The standard InChI is InChI=1S/C19H26N4O5S/c1-14-11-18(28-21-14)13-20-19(24)15-5-4-6-17(12-15)27-16-7-9-23(10-8-16)29(25,26)22(2)3/h4-6,11-12,16H,7-10,13H2,1-3H3,(H,20,24). The second kappa shape index (κ2) is 8.93. The molecule has 0 spiro atoms. The van der Waals surface area contributed by atoms with Gasteiger partial charge in [0.05, 0.1) is 12.2 Å². The van der Waals surface area contributed by atoms with Gasteiger partial charge in [-0.3, -0.25) is 4.79 Å². The fourth-order valence-corrected chi connectivity index (χ4v) is 4.22. The first kappa shape index (κ1) is 21.3. The number of carbonyl (C=O) groups excluding carboxylic acids is 1. The number of rotatable bonds is 7. The van der Waals surface area contributed by atoms with Crippen molar-refractivity contribution in [3.63, 3.8) is 0 Å². The van der Waals surface area contributed by atoms with Gasteiger partial charge in [0.25, 0.3) is 16.1 Å². The normalized spacial score (nSPS) is 16.1. The van der Waals surface area contributed by atoms with E-state index < -0.39 is 10.2 Å². The predicted molar refractivity (Wildman–Crippen MR) is 107 cm³/mol. The van der Waals surface area contributed by atoms with E-state index >= 15 is 0 Å². The Balaban J connectivity index is 1.54. The lowest BCUT2D eigenvalue weighted by Gasteiger charge is -2.32.